The summed E-state index contributed by atoms with van der Waals surface area (Å²) < 4.78 is 0. The SMILES string of the molecule is CON=CC(C(=O)N[C@@H]1C(=O)N2C(C(=O)O)=CCS[C@H]12)c1csc(N)n1. The van der Waals surface area contributed by atoms with Gasteiger partial charge in [-0.05, 0) is 6.08 Å². The molecule has 1 saturated heterocycles. The second-order valence-electron chi connectivity index (χ2n) is 5.34. The maximum Gasteiger partial charge on any atom is 0.352 e. The number of aromatic nitrogens is 1. The van der Waals surface area contributed by atoms with Crippen LogP contribution in [0.5, 0.6) is 0 Å². The first-order valence-electron chi connectivity index (χ1n) is 7.40. The molecule has 138 valence electrons. The minimum atomic E-state index is -1.17. The van der Waals surface area contributed by atoms with Gasteiger partial charge in [0, 0.05) is 11.1 Å². The molecule has 10 nitrogen and oxygen atoms in total. The summed E-state index contributed by atoms with van der Waals surface area (Å²) in [5.74, 6) is -2.57. The Morgan fingerprint density at radius 2 is 2.38 bits per heavy atom. The van der Waals surface area contributed by atoms with Crippen molar-refractivity contribution < 1.29 is 24.3 Å². The number of nitrogens with zero attached hydrogens (tertiary/aromatic N) is 3. The molecule has 12 heteroatoms. The molecule has 2 aliphatic heterocycles. The van der Waals surface area contributed by atoms with Gasteiger partial charge in [-0.2, -0.15) is 0 Å². The van der Waals surface area contributed by atoms with E-state index in [1.165, 1.54) is 47.4 Å². The van der Waals surface area contributed by atoms with Crippen molar-refractivity contribution >= 4 is 52.2 Å². The average molecular weight is 397 g/mol. The maximum absolute atomic E-state index is 12.7. The summed E-state index contributed by atoms with van der Waals surface area (Å²) in [6, 6.07) is -0.815. The van der Waals surface area contributed by atoms with Crippen LogP contribution < -0.4 is 11.1 Å². The standard InChI is InChI=1S/C14H15N5O5S2/c1-24-16-4-6(7-5-26-14(15)17-7)10(20)18-9-11(21)19-8(13(22)23)2-3-25-12(9)19/h2,4-6,9,12H,3H2,1H3,(H2,15,17)(H,18,20)(H,22,23)/t6?,9-,12-/m1/s1. The Labute approximate surface area is 156 Å². The number of carbonyl (C=O) groups excluding carboxylic acids is 2. The lowest BCUT2D eigenvalue weighted by Crippen LogP contribution is -2.70. The number of rotatable bonds is 6. The van der Waals surface area contributed by atoms with Crippen molar-refractivity contribution in [2.45, 2.75) is 17.3 Å². The molecule has 4 N–H and O–H groups in total. The summed E-state index contributed by atoms with van der Waals surface area (Å²) in [4.78, 5) is 46.1. The summed E-state index contributed by atoms with van der Waals surface area (Å²) in [6.45, 7) is 0. The molecular weight excluding hydrogens is 382 g/mol. The van der Waals surface area contributed by atoms with Crippen molar-refractivity contribution in [2.24, 2.45) is 5.16 Å². The Morgan fingerprint density at radius 1 is 1.62 bits per heavy atom. The molecule has 2 amide bonds. The number of hydrogen-bond donors (Lipinski definition) is 3. The predicted octanol–water partition coefficient (Wildman–Crippen LogP) is -0.190. The van der Waals surface area contributed by atoms with Gasteiger partial charge in [-0.1, -0.05) is 5.16 Å². The van der Waals surface area contributed by atoms with E-state index in [1.807, 2.05) is 0 Å². The molecule has 3 atom stereocenters. The van der Waals surface area contributed by atoms with Crippen molar-refractivity contribution in [3.8, 4) is 0 Å². The largest absolute Gasteiger partial charge is 0.477 e. The van der Waals surface area contributed by atoms with Gasteiger partial charge in [0.25, 0.3) is 5.91 Å². The Hall–Kier alpha value is -2.60. The Bertz CT molecular complexity index is 807. The fourth-order valence-electron chi connectivity index (χ4n) is 2.62. The molecule has 0 spiro atoms. The number of thioether (sulfide) groups is 1. The van der Waals surface area contributed by atoms with Gasteiger partial charge in [0.05, 0.1) is 11.9 Å². The third kappa shape index (κ3) is 3.24. The van der Waals surface area contributed by atoms with E-state index in [9.17, 15) is 19.5 Å². The van der Waals surface area contributed by atoms with E-state index in [0.717, 1.165) is 0 Å². The van der Waals surface area contributed by atoms with Crippen LogP contribution in [0.15, 0.2) is 22.3 Å². The highest BCUT2D eigenvalue weighted by Crippen LogP contribution is 2.37. The fraction of sp³-hybridized carbons (Fsp3) is 0.357. The number of anilines is 1. The monoisotopic (exact) mass is 397 g/mol. The number of nitrogens with two attached hydrogens (primary N) is 1. The van der Waals surface area contributed by atoms with E-state index in [4.69, 9.17) is 5.73 Å². The van der Waals surface area contributed by atoms with Crippen molar-refractivity contribution in [1.29, 1.82) is 0 Å². The van der Waals surface area contributed by atoms with Gasteiger partial charge in [-0.25, -0.2) is 9.78 Å². The minimum absolute atomic E-state index is 0.0611. The van der Waals surface area contributed by atoms with Crippen LogP contribution in [0, 0.1) is 0 Å². The number of fused-ring (bicyclic) bond motifs is 1. The van der Waals surface area contributed by atoms with E-state index in [-0.39, 0.29) is 5.70 Å². The zero-order valence-electron chi connectivity index (χ0n) is 13.5. The van der Waals surface area contributed by atoms with E-state index >= 15 is 0 Å². The van der Waals surface area contributed by atoms with Crippen molar-refractivity contribution in [2.75, 3.05) is 18.6 Å². The number of carboxylic acid groups (broad SMARTS) is 1. The first kappa shape index (κ1) is 18.2. The van der Waals surface area contributed by atoms with Gasteiger partial charge >= 0.3 is 5.97 Å². The molecule has 26 heavy (non-hydrogen) atoms. The Morgan fingerprint density at radius 3 is 3.00 bits per heavy atom. The number of amides is 2. The van der Waals surface area contributed by atoms with E-state index < -0.39 is 35.1 Å². The van der Waals surface area contributed by atoms with E-state index in [2.05, 4.69) is 20.3 Å². The number of aliphatic carboxylic acids is 1. The number of carbonyl (C=O) groups is 3. The van der Waals surface area contributed by atoms with Crippen LogP contribution in [0.1, 0.15) is 11.6 Å². The first-order chi connectivity index (χ1) is 12.4. The van der Waals surface area contributed by atoms with Gasteiger partial charge in [-0.15, -0.1) is 23.1 Å². The van der Waals surface area contributed by atoms with Crippen LogP contribution >= 0.6 is 23.1 Å². The quantitative estimate of drug-likeness (QED) is 0.340. The lowest BCUT2D eigenvalue weighted by Gasteiger charge is -2.48. The number of β-lactam (4-membered cyclic amide) rings is 1. The second kappa shape index (κ2) is 7.33. The third-order valence-corrected chi connectivity index (χ3v) is 5.70. The summed E-state index contributed by atoms with van der Waals surface area (Å²) >= 11 is 2.55. The summed E-state index contributed by atoms with van der Waals surface area (Å²) in [5.41, 5.74) is 5.94. The number of nitrogen functional groups attached to an aromatic ring is 1. The molecular formula is C14H15N5O5S2. The highest BCUT2D eigenvalue weighted by Gasteiger charge is 2.53. The van der Waals surface area contributed by atoms with Gasteiger partial charge in [0.2, 0.25) is 5.91 Å². The summed E-state index contributed by atoms with van der Waals surface area (Å²) in [7, 11) is 1.34. The molecule has 0 saturated carbocycles. The molecule has 3 rings (SSSR count). The molecule has 0 aromatic carbocycles. The number of nitrogens with one attached hydrogen (secondary N) is 1. The van der Waals surface area contributed by atoms with Crippen LogP contribution in [-0.2, 0) is 19.2 Å². The van der Waals surface area contributed by atoms with Gasteiger partial charge < -0.3 is 21.0 Å². The zero-order valence-corrected chi connectivity index (χ0v) is 15.1. The molecule has 0 radical (unpaired) electrons. The predicted molar refractivity (Wildman–Crippen MR) is 95.5 cm³/mol. The smallest absolute Gasteiger partial charge is 0.352 e. The first-order valence-corrected chi connectivity index (χ1v) is 9.33. The van der Waals surface area contributed by atoms with Gasteiger partial charge in [0.15, 0.2) is 5.13 Å². The summed E-state index contributed by atoms with van der Waals surface area (Å²) in [5, 5.41) is 16.9. The second-order valence-corrected chi connectivity index (χ2v) is 7.38. The molecule has 1 aromatic heterocycles. The average Bonchev–Trinajstić information content (AvgIpc) is 3.05. The van der Waals surface area contributed by atoms with Gasteiger partial charge in [-0.3, -0.25) is 14.5 Å². The molecule has 1 unspecified atom stereocenters. The van der Waals surface area contributed by atoms with Gasteiger partial charge in [0.1, 0.15) is 30.1 Å². The topological polar surface area (TPSA) is 147 Å². The number of carboxylic acids is 1. The Kier molecular flexibility index (Phi) is 5.13. The van der Waals surface area contributed by atoms with Crippen LogP contribution in [-0.4, -0.2) is 63.3 Å². The molecule has 0 bridgehead atoms. The number of thiazole rings is 1. The Balaban J connectivity index is 1.74. The lowest BCUT2D eigenvalue weighted by atomic mass is 10.0. The molecule has 1 aromatic rings. The lowest BCUT2D eigenvalue weighted by molar-refractivity contribution is -0.150. The number of oxime groups is 1. The van der Waals surface area contributed by atoms with Crippen molar-refractivity contribution in [3.05, 3.63) is 22.8 Å². The normalized spacial score (nSPS) is 23.0. The van der Waals surface area contributed by atoms with Crippen LogP contribution in [0.2, 0.25) is 0 Å². The highest BCUT2D eigenvalue weighted by atomic mass is 32.2. The number of hydrogen-bond acceptors (Lipinski definition) is 9. The molecule has 0 aliphatic carbocycles. The van der Waals surface area contributed by atoms with Crippen LogP contribution in [0.25, 0.3) is 0 Å². The molecule has 2 aliphatic rings. The van der Waals surface area contributed by atoms with Crippen molar-refractivity contribution in [1.82, 2.24) is 15.2 Å². The zero-order chi connectivity index (χ0) is 18.8. The highest BCUT2D eigenvalue weighted by molar-refractivity contribution is 8.00. The van der Waals surface area contributed by atoms with E-state index in [0.29, 0.717) is 16.6 Å². The summed E-state index contributed by atoms with van der Waals surface area (Å²) in [6.07, 6.45) is 2.74. The minimum Gasteiger partial charge on any atom is -0.477 e. The molecule has 3 heterocycles. The van der Waals surface area contributed by atoms with Crippen LogP contribution in [0.3, 0.4) is 0 Å². The van der Waals surface area contributed by atoms with Crippen LogP contribution in [0.4, 0.5) is 5.13 Å². The third-order valence-electron chi connectivity index (χ3n) is 3.82. The van der Waals surface area contributed by atoms with E-state index in [1.54, 1.807) is 5.38 Å². The molecule has 1 fully saturated rings. The fourth-order valence-corrected chi connectivity index (χ4v) is 4.42. The van der Waals surface area contributed by atoms with Crippen molar-refractivity contribution in [3.63, 3.8) is 0 Å². The maximum atomic E-state index is 12.7.